The van der Waals surface area contributed by atoms with Crippen LogP contribution in [-0.4, -0.2) is 11.2 Å². The number of rotatable bonds is 3. The molecule has 0 bridgehead atoms. The van der Waals surface area contributed by atoms with E-state index < -0.39 is 6.10 Å². The molecule has 0 spiro atoms. The average Bonchev–Trinajstić information content (AvgIpc) is 2.74. The number of benzene rings is 2. The molecule has 19 heavy (non-hydrogen) atoms. The van der Waals surface area contributed by atoms with Gasteiger partial charge in [0, 0.05) is 13.0 Å². The third kappa shape index (κ3) is 2.53. The molecule has 2 atom stereocenters. The monoisotopic (exact) mass is 257 g/mol. The van der Waals surface area contributed by atoms with Crippen molar-refractivity contribution in [3.63, 3.8) is 0 Å². The molecule has 0 radical (unpaired) electrons. The highest BCUT2D eigenvalue weighted by molar-refractivity contribution is 5.36. The molecule has 3 rings (SSSR count). The zero-order valence-corrected chi connectivity index (χ0v) is 10.5. The fourth-order valence-electron chi connectivity index (χ4n) is 2.65. The second-order valence-corrected chi connectivity index (χ2v) is 4.96. The normalized spacial score (nSPS) is 21.4. The molecule has 0 saturated carbocycles. The van der Waals surface area contributed by atoms with E-state index in [0.29, 0.717) is 13.0 Å². The van der Waals surface area contributed by atoms with Gasteiger partial charge in [-0.2, -0.15) is 0 Å². The predicted octanol–water partition coefficient (Wildman–Crippen LogP) is 2.57. The minimum atomic E-state index is -0.391. The van der Waals surface area contributed by atoms with Gasteiger partial charge in [0.2, 0.25) is 0 Å². The number of aliphatic hydroxyl groups is 1. The Morgan fingerprint density at radius 3 is 2.63 bits per heavy atom. The molecule has 2 nitrogen and oxygen atoms in total. The van der Waals surface area contributed by atoms with Gasteiger partial charge < -0.3 is 10.4 Å². The van der Waals surface area contributed by atoms with E-state index in [0.717, 1.165) is 11.1 Å². The summed E-state index contributed by atoms with van der Waals surface area (Å²) in [7, 11) is 0. The zero-order chi connectivity index (χ0) is 13.2. The summed E-state index contributed by atoms with van der Waals surface area (Å²) in [5.74, 6) is -0.227. The maximum atomic E-state index is 12.8. The van der Waals surface area contributed by atoms with E-state index in [1.807, 2.05) is 18.2 Å². The van der Waals surface area contributed by atoms with Crippen molar-refractivity contribution >= 4 is 0 Å². The van der Waals surface area contributed by atoms with Gasteiger partial charge in [-0.25, -0.2) is 4.39 Å². The van der Waals surface area contributed by atoms with Crippen LogP contribution in [0, 0.1) is 5.82 Å². The van der Waals surface area contributed by atoms with E-state index >= 15 is 0 Å². The Bertz CT molecular complexity index is 567. The smallest absolute Gasteiger partial charge is 0.123 e. The van der Waals surface area contributed by atoms with Gasteiger partial charge in [0.25, 0.3) is 0 Å². The Hall–Kier alpha value is -1.71. The Balaban J connectivity index is 1.72. The summed E-state index contributed by atoms with van der Waals surface area (Å²) in [4.78, 5) is 0. The Labute approximate surface area is 111 Å². The standard InChI is InChI=1S/C16H16FNO/c17-13-7-5-11(6-8-13)10-18-16-14-4-2-1-3-12(14)9-15(16)19/h1-8,15-16,18-19H,9-10H2/t15-,16+/m0/s1. The zero-order valence-electron chi connectivity index (χ0n) is 10.5. The Morgan fingerprint density at radius 1 is 1.11 bits per heavy atom. The summed E-state index contributed by atoms with van der Waals surface area (Å²) in [5.41, 5.74) is 3.38. The summed E-state index contributed by atoms with van der Waals surface area (Å²) in [6, 6.07) is 14.5. The molecular weight excluding hydrogens is 241 g/mol. The van der Waals surface area contributed by atoms with Gasteiger partial charge in [-0.1, -0.05) is 36.4 Å². The van der Waals surface area contributed by atoms with Crippen LogP contribution >= 0.6 is 0 Å². The van der Waals surface area contributed by atoms with Gasteiger partial charge in [-0.05, 0) is 28.8 Å². The van der Waals surface area contributed by atoms with Crippen molar-refractivity contribution in [3.05, 3.63) is 71.0 Å². The summed E-state index contributed by atoms with van der Waals surface area (Å²) < 4.78 is 12.8. The molecule has 1 aliphatic carbocycles. The summed E-state index contributed by atoms with van der Waals surface area (Å²) in [5, 5.41) is 13.5. The van der Waals surface area contributed by atoms with Crippen molar-refractivity contribution in [3.8, 4) is 0 Å². The van der Waals surface area contributed by atoms with Crippen molar-refractivity contribution < 1.29 is 9.50 Å². The fourth-order valence-corrected chi connectivity index (χ4v) is 2.65. The average molecular weight is 257 g/mol. The summed E-state index contributed by atoms with van der Waals surface area (Å²) in [6.07, 6.45) is 0.301. The van der Waals surface area contributed by atoms with Crippen molar-refractivity contribution in [2.24, 2.45) is 0 Å². The molecule has 1 aliphatic rings. The van der Waals surface area contributed by atoms with Crippen LogP contribution in [0.1, 0.15) is 22.7 Å². The van der Waals surface area contributed by atoms with Crippen molar-refractivity contribution in [2.75, 3.05) is 0 Å². The van der Waals surface area contributed by atoms with Crippen LogP contribution in [0.5, 0.6) is 0 Å². The van der Waals surface area contributed by atoms with Crippen LogP contribution in [-0.2, 0) is 13.0 Å². The molecule has 0 fully saturated rings. The molecule has 2 N–H and O–H groups in total. The van der Waals surface area contributed by atoms with Gasteiger partial charge >= 0.3 is 0 Å². The first-order valence-electron chi connectivity index (χ1n) is 6.48. The van der Waals surface area contributed by atoms with Gasteiger partial charge in [-0.3, -0.25) is 0 Å². The number of fused-ring (bicyclic) bond motifs is 1. The van der Waals surface area contributed by atoms with Crippen LogP contribution < -0.4 is 5.32 Å². The first-order valence-corrected chi connectivity index (χ1v) is 6.48. The van der Waals surface area contributed by atoms with E-state index in [1.54, 1.807) is 12.1 Å². The first kappa shape index (κ1) is 12.3. The fraction of sp³-hybridized carbons (Fsp3) is 0.250. The van der Waals surface area contributed by atoms with Crippen molar-refractivity contribution in [1.29, 1.82) is 0 Å². The van der Waals surface area contributed by atoms with Crippen LogP contribution in [0.3, 0.4) is 0 Å². The number of nitrogens with one attached hydrogen (secondary N) is 1. The van der Waals surface area contributed by atoms with E-state index in [9.17, 15) is 9.50 Å². The number of hydrogen-bond acceptors (Lipinski definition) is 2. The lowest BCUT2D eigenvalue weighted by Crippen LogP contribution is -2.28. The lowest BCUT2D eigenvalue weighted by molar-refractivity contribution is 0.140. The number of aliphatic hydroxyl groups excluding tert-OH is 1. The highest BCUT2D eigenvalue weighted by atomic mass is 19.1. The van der Waals surface area contributed by atoms with Gasteiger partial charge in [-0.15, -0.1) is 0 Å². The summed E-state index contributed by atoms with van der Waals surface area (Å²) in [6.45, 7) is 0.621. The topological polar surface area (TPSA) is 32.3 Å². The van der Waals surface area contributed by atoms with E-state index in [4.69, 9.17) is 0 Å². The van der Waals surface area contributed by atoms with E-state index in [1.165, 1.54) is 17.7 Å². The second-order valence-electron chi connectivity index (χ2n) is 4.96. The minimum absolute atomic E-state index is 0.0405. The molecule has 2 aromatic rings. The van der Waals surface area contributed by atoms with Crippen LogP contribution in [0.25, 0.3) is 0 Å². The maximum Gasteiger partial charge on any atom is 0.123 e. The largest absolute Gasteiger partial charge is 0.391 e. The Kier molecular flexibility index (Phi) is 3.32. The van der Waals surface area contributed by atoms with Gasteiger partial charge in [0.05, 0.1) is 12.1 Å². The number of halogens is 1. The minimum Gasteiger partial charge on any atom is -0.391 e. The van der Waals surface area contributed by atoms with Crippen LogP contribution in [0.4, 0.5) is 4.39 Å². The molecule has 0 unspecified atom stereocenters. The molecule has 0 heterocycles. The van der Waals surface area contributed by atoms with Gasteiger partial charge in [0.1, 0.15) is 5.82 Å². The van der Waals surface area contributed by atoms with Crippen molar-refractivity contribution in [2.45, 2.75) is 25.1 Å². The SMILES string of the molecule is O[C@H]1Cc2ccccc2[C@H]1NCc1ccc(F)cc1. The molecule has 2 aromatic carbocycles. The highest BCUT2D eigenvalue weighted by Crippen LogP contribution is 2.31. The number of hydrogen-bond donors (Lipinski definition) is 2. The lowest BCUT2D eigenvalue weighted by Gasteiger charge is -2.18. The highest BCUT2D eigenvalue weighted by Gasteiger charge is 2.29. The Morgan fingerprint density at radius 2 is 1.84 bits per heavy atom. The maximum absolute atomic E-state index is 12.8. The third-order valence-electron chi connectivity index (χ3n) is 3.64. The van der Waals surface area contributed by atoms with Crippen molar-refractivity contribution in [1.82, 2.24) is 5.32 Å². The molecule has 3 heteroatoms. The van der Waals surface area contributed by atoms with Gasteiger partial charge in [0.15, 0.2) is 0 Å². The molecule has 0 saturated heterocycles. The third-order valence-corrected chi connectivity index (χ3v) is 3.64. The molecular formula is C16H16FNO. The van der Waals surface area contributed by atoms with Crippen LogP contribution in [0.15, 0.2) is 48.5 Å². The summed E-state index contributed by atoms with van der Waals surface area (Å²) >= 11 is 0. The first-order chi connectivity index (χ1) is 9.24. The molecule has 0 aliphatic heterocycles. The second kappa shape index (κ2) is 5.11. The van der Waals surface area contributed by atoms with E-state index in [2.05, 4.69) is 11.4 Å². The molecule has 0 aromatic heterocycles. The molecule has 0 amide bonds. The lowest BCUT2D eigenvalue weighted by atomic mass is 10.1. The predicted molar refractivity (Wildman–Crippen MR) is 72.1 cm³/mol. The quantitative estimate of drug-likeness (QED) is 0.885. The molecule has 98 valence electrons. The van der Waals surface area contributed by atoms with E-state index in [-0.39, 0.29) is 11.9 Å². The van der Waals surface area contributed by atoms with Crippen LogP contribution in [0.2, 0.25) is 0 Å².